The van der Waals surface area contributed by atoms with Gasteiger partial charge >= 0.3 is 0 Å². The first-order chi connectivity index (χ1) is 7.63. The Labute approximate surface area is 105 Å². The maximum Gasteiger partial charge on any atom is 0.121 e. The number of rotatable bonds is 6. The van der Waals surface area contributed by atoms with Crippen LogP contribution in [0.2, 0.25) is 0 Å². The monoisotopic (exact) mass is 287 g/mol. The molecule has 0 radical (unpaired) electrons. The van der Waals surface area contributed by atoms with Gasteiger partial charge in [-0.1, -0.05) is 0 Å². The van der Waals surface area contributed by atoms with Crippen molar-refractivity contribution in [3.8, 4) is 5.75 Å². The van der Waals surface area contributed by atoms with E-state index < -0.39 is 0 Å². The second-order valence-electron chi connectivity index (χ2n) is 3.69. The third-order valence-electron chi connectivity index (χ3n) is 2.04. The van der Waals surface area contributed by atoms with Crippen LogP contribution in [-0.2, 0) is 4.74 Å². The van der Waals surface area contributed by atoms with Crippen molar-refractivity contribution in [1.29, 1.82) is 0 Å². The minimum Gasteiger partial charge on any atom is -0.497 e. The summed E-state index contributed by atoms with van der Waals surface area (Å²) in [5, 5.41) is 3.29. The van der Waals surface area contributed by atoms with E-state index in [9.17, 15) is 0 Å². The number of hydrogen-bond donors (Lipinski definition) is 1. The lowest BCUT2D eigenvalue weighted by Gasteiger charge is -2.11. The molecule has 3 nitrogen and oxygen atoms in total. The summed E-state index contributed by atoms with van der Waals surface area (Å²) in [6.45, 7) is 5.54. The molecule has 0 fully saturated rings. The van der Waals surface area contributed by atoms with E-state index in [-0.39, 0.29) is 6.10 Å². The maximum absolute atomic E-state index is 5.45. The van der Waals surface area contributed by atoms with Crippen molar-refractivity contribution < 1.29 is 9.47 Å². The van der Waals surface area contributed by atoms with E-state index in [2.05, 4.69) is 21.2 Å². The van der Waals surface area contributed by atoms with Crippen molar-refractivity contribution in [2.24, 2.45) is 0 Å². The minimum absolute atomic E-state index is 0.274. The molecule has 0 aliphatic rings. The normalized spacial score (nSPS) is 10.6. The summed E-state index contributed by atoms with van der Waals surface area (Å²) >= 11 is 3.48. The molecule has 0 aliphatic heterocycles. The predicted molar refractivity (Wildman–Crippen MR) is 70.3 cm³/mol. The lowest BCUT2D eigenvalue weighted by Crippen LogP contribution is -2.13. The molecule has 0 amide bonds. The van der Waals surface area contributed by atoms with Crippen molar-refractivity contribution >= 4 is 21.6 Å². The van der Waals surface area contributed by atoms with Crippen LogP contribution in [0.3, 0.4) is 0 Å². The molecule has 0 aromatic heterocycles. The van der Waals surface area contributed by atoms with Crippen LogP contribution in [0.15, 0.2) is 22.7 Å². The van der Waals surface area contributed by atoms with Crippen molar-refractivity contribution in [2.45, 2.75) is 20.0 Å². The SMILES string of the molecule is COc1ccc(Br)c(NCCOC(C)C)c1. The van der Waals surface area contributed by atoms with Gasteiger partial charge in [-0.15, -0.1) is 0 Å². The van der Waals surface area contributed by atoms with E-state index in [1.54, 1.807) is 7.11 Å². The van der Waals surface area contributed by atoms with Crippen molar-refractivity contribution in [3.63, 3.8) is 0 Å². The van der Waals surface area contributed by atoms with Crippen molar-refractivity contribution in [3.05, 3.63) is 22.7 Å². The first-order valence-corrected chi connectivity index (χ1v) is 6.12. The molecule has 1 aromatic rings. The molecule has 90 valence electrons. The number of methoxy groups -OCH3 is 1. The molecule has 0 spiro atoms. The number of hydrogen-bond acceptors (Lipinski definition) is 3. The quantitative estimate of drug-likeness (QED) is 0.815. The van der Waals surface area contributed by atoms with Crippen LogP contribution in [0, 0.1) is 0 Å². The van der Waals surface area contributed by atoms with Gasteiger partial charge in [0.2, 0.25) is 0 Å². The molecule has 0 atom stereocenters. The molecule has 0 saturated heterocycles. The van der Waals surface area contributed by atoms with E-state index >= 15 is 0 Å². The van der Waals surface area contributed by atoms with Crippen LogP contribution in [0.5, 0.6) is 5.75 Å². The van der Waals surface area contributed by atoms with E-state index in [4.69, 9.17) is 9.47 Å². The number of benzene rings is 1. The number of nitrogens with one attached hydrogen (secondary N) is 1. The zero-order valence-corrected chi connectivity index (χ0v) is 11.5. The van der Waals surface area contributed by atoms with Gasteiger partial charge in [-0.2, -0.15) is 0 Å². The van der Waals surface area contributed by atoms with Gasteiger partial charge in [0.15, 0.2) is 0 Å². The molecule has 1 aromatic carbocycles. The van der Waals surface area contributed by atoms with Crippen LogP contribution in [0.1, 0.15) is 13.8 Å². The summed E-state index contributed by atoms with van der Waals surface area (Å²) in [5.74, 6) is 0.843. The van der Waals surface area contributed by atoms with Crippen LogP contribution in [0.25, 0.3) is 0 Å². The predicted octanol–water partition coefficient (Wildman–Crippen LogP) is 3.29. The Morgan fingerprint density at radius 2 is 2.12 bits per heavy atom. The summed E-state index contributed by atoms with van der Waals surface area (Å²) in [7, 11) is 1.66. The molecule has 0 unspecified atom stereocenters. The highest BCUT2D eigenvalue weighted by atomic mass is 79.9. The summed E-state index contributed by atoms with van der Waals surface area (Å²) in [4.78, 5) is 0. The van der Waals surface area contributed by atoms with Gasteiger partial charge in [0.25, 0.3) is 0 Å². The molecule has 0 aliphatic carbocycles. The Kier molecular flexibility index (Phi) is 5.63. The Hall–Kier alpha value is -0.740. The largest absolute Gasteiger partial charge is 0.497 e. The van der Waals surface area contributed by atoms with Crippen molar-refractivity contribution in [1.82, 2.24) is 0 Å². The number of halogens is 1. The average Bonchev–Trinajstić information content (AvgIpc) is 2.26. The third-order valence-corrected chi connectivity index (χ3v) is 2.73. The Morgan fingerprint density at radius 3 is 2.75 bits per heavy atom. The molecule has 1 N–H and O–H groups in total. The molecule has 16 heavy (non-hydrogen) atoms. The molecule has 0 bridgehead atoms. The molecule has 0 saturated carbocycles. The standard InChI is InChI=1S/C12H18BrNO2/c1-9(2)16-7-6-14-12-8-10(15-3)4-5-11(12)13/h4-5,8-9,14H,6-7H2,1-3H3. The van der Waals surface area contributed by atoms with Crippen LogP contribution < -0.4 is 10.1 Å². The van der Waals surface area contributed by atoms with Gasteiger partial charge in [-0.3, -0.25) is 0 Å². The fraction of sp³-hybridized carbons (Fsp3) is 0.500. The Morgan fingerprint density at radius 1 is 1.38 bits per heavy atom. The van der Waals surface area contributed by atoms with E-state index in [0.29, 0.717) is 6.61 Å². The molecule has 4 heteroatoms. The molecule has 0 heterocycles. The Bertz CT molecular complexity index is 329. The zero-order chi connectivity index (χ0) is 12.0. The lowest BCUT2D eigenvalue weighted by molar-refractivity contribution is 0.0870. The molecular weight excluding hydrogens is 270 g/mol. The molecule has 1 rings (SSSR count). The van der Waals surface area contributed by atoms with Gasteiger partial charge in [0.1, 0.15) is 5.75 Å². The second-order valence-corrected chi connectivity index (χ2v) is 4.55. The fourth-order valence-corrected chi connectivity index (χ4v) is 1.63. The van der Waals surface area contributed by atoms with Crippen LogP contribution in [0.4, 0.5) is 5.69 Å². The zero-order valence-electron chi connectivity index (χ0n) is 9.92. The lowest BCUT2D eigenvalue weighted by atomic mass is 10.3. The van der Waals surface area contributed by atoms with Crippen LogP contribution in [-0.4, -0.2) is 26.4 Å². The first-order valence-electron chi connectivity index (χ1n) is 5.32. The average molecular weight is 288 g/mol. The number of anilines is 1. The smallest absolute Gasteiger partial charge is 0.121 e. The van der Waals surface area contributed by atoms with Gasteiger partial charge in [-0.05, 0) is 41.9 Å². The van der Waals surface area contributed by atoms with Gasteiger partial charge in [-0.25, -0.2) is 0 Å². The van der Waals surface area contributed by atoms with E-state index in [0.717, 1.165) is 22.5 Å². The highest BCUT2D eigenvalue weighted by Gasteiger charge is 2.01. The Balaban J connectivity index is 2.46. The van der Waals surface area contributed by atoms with Gasteiger partial charge in [0, 0.05) is 17.1 Å². The third kappa shape index (κ3) is 4.41. The maximum atomic E-state index is 5.45. The summed E-state index contributed by atoms with van der Waals surface area (Å²) < 4.78 is 11.6. The molecular formula is C12H18BrNO2. The second kappa shape index (κ2) is 6.76. The highest BCUT2D eigenvalue weighted by molar-refractivity contribution is 9.10. The van der Waals surface area contributed by atoms with E-state index in [1.807, 2.05) is 32.0 Å². The summed E-state index contributed by atoms with van der Waals surface area (Å²) in [6.07, 6.45) is 0.274. The van der Waals surface area contributed by atoms with E-state index in [1.165, 1.54) is 0 Å². The van der Waals surface area contributed by atoms with Crippen LogP contribution >= 0.6 is 15.9 Å². The summed E-state index contributed by atoms with van der Waals surface area (Å²) in [5.41, 5.74) is 1.02. The topological polar surface area (TPSA) is 30.5 Å². The minimum atomic E-state index is 0.274. The number of ether oxygens (including phenoxy) is 2. The fourth-order valence-electron chi connectivity index (χ4n) is 1.25. The first kappa shape index (κ1) is 13.3. The summed E-state index contributed by atoms with van der Waals surface area (Å²) in [6, 6.07) is 5.84. The highest BCUT2D eigenvalue weighted by Crippen LogP contribution is 2.26. The van der Waals surface area contributed by atoms with Gasteiger partial charge in [0.05, 0.1) is 25.5 Å². The van der Waals surface area contributed by atoms with Crippen molar-refractivity contribution in [2.75, 3.05) is 25.6 Å². The van der Waals surface area contributed by atoms with Gasteiger partial charge < -0.3 is 14.8 Å².